The lowest BCUT2D eigenvalue weighted by atomic mass is 9.88. The van der Waals surface area contributed by atoms with Crippen molar-refractivity contribution in [3.8, 4) is 11.8 Å². The fourth-order valence-electron chi connectivity index (χ4n) is 3.58. The molecule has 0 aromatic heterocycles. The number of aliphatic hydroxyl groups is 1. The molecule has 0 saturated carbocycles. The number of piperidine rings is 1. The molecule has 0 bridgehead atoms. The molecule has 0 spiro atoms. The number of anilines is 1. The first kappa shape index (κ1) is 19.8. The zero-order chi connectivity index (χ0) is 19.1. The van der Waals surface area contributed by atoms with Gasteiger partial charge in [-0.15, -0.1) is 0 Å². The molecule has 2 aromatic rings. The summed E-state index contributed by atoms with van der Waals surface area (Å²) in [6.45, 7) is 2.77. The van der Waals surface area contributed by atoms with Crippen LogP contribution in [0.25, 0.3) is 0 Å². The Labute approximate surface area is 167 Å². The lowest BCUT2D eigenvalue weighted by Gasteiger charge is -2.36. The highest BCUT2D eigenvalue weighted by Crippen LogP contribution is 2.23. The van der Waals surface area contributed by atoms with E-state index in [2.05, 4.69) is 28.9 Å². The number of unbranched alkanes of at least 4 members (excludes halogenated alkanes) is 1. The Kier molecular flexibility index (Phi) is 7.18. The van der Waals surface area contributed by atoms with Crippen LogP contribution in [0.2, 0.25) is 5.02 Å². The molecule has 0 radical (unpaired) electrons. The molecule has 4 heteroatoms. The molecule has 142 valence electrons. The number of benzene rings is 2. The minimum absolute atomic E-state index is 0.271. The van der Waals surface area contributed by atoms with Gasteiger partial charge in [-0.25, -0.2) is 0 Å². The van der Waals surface area contributed by atoms with Crippen LogP contribution in [0.1, 0.15) is 30.4 Å². The largest absolute Gasteiger partial charge is 0.399 e. The highest BCUT2D eigenvalue weighted by atomic mass is 35.5. The van der Waals surface area contributed by atoms with Crippen LogP contribution >= 0.6 is 11.6 Å². The molecule has 1 aliphatic heterocycles. The summed E-state index contributed by atoms with van der Waals surface area (Å²) < 4.78 is 0. The summed E-state index contributed by atoms with van der Waals surface area (Å²) >= 11 is 5.94. The van der Waals surface area contributed by atoms with Gasteiger partial charge in [0.15, 0.2) is 0 Å². The summed E-state index contributed by atoms with van der Waals surface area (Å²) in [4.78, 5) is 2.35. The maximum atomic E-state index is 10.5. The van der Waals surface area contributed by atoms with Crippen molar-refractivity contribution in [1.29, 1.82) is 0 Å². The molecule has 3 N–H and O–H groups in total. The van der Waals surface area contributed by atoms with Crippen LogP contribution in [0.5, 0.6) is 0 Å². The van der Waals surface area contributed by atoms with Gasteiger partial charge in [0.1, 0.15) is 0 Å². The van der Waals surface area contributed by atoms with Crippen molar-refractivity contribution in [2.45, 2.75) is 31.8 Å². The quantitative estimate of drug-likeness (QED) is 0.467. The Bertz CT molecular complexity index is 794. The minimum Gasteiger partial charge on any atom is -0.399 e. The first-order valence-corrected chi connectivity index (χ1v) is 9.97. The Hall–Kier alpha value is -1.99. The Morgan fingerprint density at radius 2 is 2.00 bits per heavy atom. The second kappa shape index (κ2) is 9.80. The number of hydrogen-bond acceptors (Lipinski definition) is 3. The first-order chi connectivity index (χ1) is 13.1. The summed E-state index contributed by atoms with van der Waals surface area (Å²) in [7, 11) is 0. The molecule has 27 heavy (non-hydrogen) atoms. The van der Waals surface area contributed by atoms with E-state index >= 15 is 0 Å². The van der Waals surface area contributed by atoms with Gasteiger partial charge in [0.2, 0.25) is 0 Å². The zero-order valence-corrected chi connectivity index (χ0v) is 16.3. The topological polar surface area (TPSA) is 49.5 Å². The average molecular weight is 383 g/mol. The van der Waals surface area contributed by atoms with Gasteiger partial charge in [-0.1, -0.05) is 41.6 Å². The number of hydrogen-bond donors (Lipinski definition) is 2. The summed E-state index contributed by atoms with van der Waals surface area (Å²) in [5.74, 6) is 6.71. The van der Waals surface area contributed by atoms with Gasteiger partial charge in [0.25, 0.3) is 0 Å². The predicted octanol–water partition coefficient (Wildman–Crippen LogP) is 3.98. The van der Waals surface area contributed by atoms with E-state index in [4.69, 9.17) is 17.3 Å². The standard InChI is InChI=1S/C23H27ClN2O/c24-21-10-8-19(9-11-21)15-20-12-14-26(17-23(20)27)13-3-1-2-5-18-6-4-7-22(25)16-18/h4,6-11,16,20,23,27H,1,3,12-15,17,25H2. The van der Waals surface area contributed by atoms with Crippen molar-refractivity contribution >= 4 is 17.3 Å². The van der Waals surface area contributed by atoms with E-state index in [1.165, 1.54) is 5.56 Å². The number of nitrogens with two attached hydrogens (primary N) is 1. The number of nitrogen functional groups attached to an aromatic ring is 1. The van der Waals surface area contributed by atoms with Gasteiger partial charge < -0.3 is 15.7 Å². The fourth-order valence-corrected chi connectivity index (χ4v) is 3.71. The van der Waals surface area contributed by atoms with Crippen LogP contribution in [-0.4, -0.2) is 35.7 Å². The molecular formula is C23H27ClN2O. The van der Waals surface area contributed by atoms with Crippen molar-refractivity contribution in [3.05, 3.63) is 64.7 Å². The maximum Gasteiger partial charge on any atom is 0.0698 e. The lowest BCUT2D eigenvalue weighted by Crippen LogP contribution is -2.44. The van der Waals surface area contributed by atoms with Crippen molar-refractivity contribution in [1.82, 2.24) is 4.90 Å². The van der Waals surface area contributed by atoms with Crippen molar-refractivity contribution in [3.63, 3.8) is 0 Å². The highest BCUT2D eigenvalue weighted by Gasteiger charge is 2.27. The van der Waals surface area contributed by atoms with Crippen LogP contribution in [0.15, 0.2) is 48.5 Å². The highest BCUT2D eigenvalue weighted by molar-refractivity contribution is 6.30. The molecule has 1 aliphatic rings. The van der Waals surface area contributed by atoms with Crippen molar-refractivity contribution < 1.29 is 5.11 Å². The number of β-amino-alcohol motifs (C(OH)–C–C–N with tert-alkyl or cyclic N) is 1. The summed E-state index contributed by atoms with van der Waals surface area (Å²) in [6, 6.07) is 15.6. The number of likely N-dealkylation sites (tertiary alicyclic amines) is 1. The van der Waals surface area contributed by atoms with E-state index in [1.54, 1.807) is 0 Å². The predicted molar refractivity (Wildman–Crippen MR) is 113 cm³/mol. The average Bonchev–Trinajstić information content (AvgIpc) is 2.65. The Morgan fingerprint density at radius 3 is 2.74 bits per heavy atom. The number of aliphatic hydroxyl groups excluding tert-OH is 1. The first-order valence-electron chi connectivity index (χ1n) is 9.59. The van der Waals surface area contributed by atoms with Crippen molar-refractivity contribution in [2.75, 3.05) is 25.4 Å². The third-order valence-electron chi connectivity index (χ3n) is 5.11. The van der Waals surface area contributed by atoms with Crippen LogP contribution in [0.4, 0.5) is 5.69 Å². The Balaban J connectivity index is 1.39. The molecule has 2 atom stereocenters. The molecule has 2 aromatic carbocycles. The number of nitrogens with zero attached hydrogens (tertiary/aromatic N) is 1. The smallest absolute Gasteiger partial charge is 0.0698 e. The molecule has 1 fully saturated rings. The van der Waals surface area contributed by atoms with Crippen molar-refractivity contribution in [2.24, 2.45) is 5.92 Å². The second-order valence-electron chi connectivity index (χ2n) is 7.28. The Morgan fingerprint density at radius 1 is 1.19 bits per heavy atom. The van der Waals surface area contributed by atoms with Gasteiger partial charge >= 0.3 is 0 Å². The van der Waals surface area contributed by atoms with E-state index in [1.807, 2.05) is 36.4 Å². The van der Waals surface area contributed by atoms with Gasteiger partial charge in [0.05, 0.1) is 6.10 Å². The molecular weight excluding hydrogens is 356 g/mol. The van der Waals surface area contributed by atoms with Gasteiger partial charge in [-0.3, -0.25) is 0 Å². The van der Waals surface area contributed by atoms with E-state index in [9.17, 15) is 5.11 Å². The third kappa shape index (κ3) is 6.29. The lowest BCUT2D eigenvalue weighted by molar-refractivity contribution is 0.0218. The van der Waals surface area contributed by atoms with Gasteiger partial charge in [0, 0.05) is 29.2 Å². The summed E-state index contributed by atoms with van der Waals surface area (Å²) in [5, 5.41) is 11.3. The summed E-state index contributed by atoms with van der Waals surface area (Å²) in [5.41, 5.74) is 8.72. The maximum absolute atomic E-state index is 10.5. The van der Waals surface area contributed by atoms with Crippen LogP contribution in [-0.2, 0) is 6.42 Å². The monoisotopic (exact) mass is 382 g/mol. The van der Waals surface area contributed by atoms with Gasteiger partial charge in [-0.05, 0) is 74.2 Å². The fraction of sp³-hybridized carbons (Fsp3) is 0.391. The second-order valence-corrected chi connectivity index (χ2v) is 7.71. The number of rotatable bonds is 5. The van der Waals surface area contributed by atoms with E-state index in [0.29, 0.717) is 5.92 Å². The van der Waals surface area contributed by atoms with Gasteiger partial charge in [-0.2, -0.15) is 0 Å². The van der Waals surface area contributed by atoms with Crippen LogP contribution in [0.3, 0.4) is 0 Å². The number of halogens is 1. The minimum atomic E-state index is -0.271. The zero-order valence-electron chi connectivity index (χ0n) is 15.6. The normalized spacial score (nSPS) is 20.1. The molecule has 1 saturated heterocycles. The van der Waals surface area contributed by atoms with E-state index in [0.717, 1.165) is 61.6 Å². The molecule has 3 nitrogen and oxygen atoms in total. The molecule has 2 unspecified atom stereocenters. The van der Waals surface area contributed by atoms with E-state index < -0.39 is 0 Å². The summed E-state index contributed by atoms with van der Waals surface area (Å²) in [6.07, 6.45) is 3.55. The molecule has 1 heterocycles. The molecule has 3 rings (SSSR count). The van der Waals surface area contributed by atoms with Crippen LogP contribution < -0.4 is 5.73 Å². The van der Waals surface area contributed by atoms with Crippen LogP contribution in [0, 0.1) is 17.8 Å². The third-order valence-corrected chi connectivity index (χ3v) is 5.36. The molecule has 0 aliphatic carbocycles. The SMILES string of the molecule is Nc1cccc(C#CCCCN2CCC(Cc3ccc(Cl)cc3)C(O)C2)c1. The molecule has 0 amide bonds. The van der Waals surface area contributed by atoms with E-state index in [-0.39, 0.29) is 6.10 Å².